The van der Waals surface area contributed by atoms with E-state index in [0.29, 0.717) is 0 Å². The monoisotopic (exact) mass is 153 g/mol. The maximum atomic E-state index is 12.6. The van der Waals surface area contributed by atoms with Crippen LogP contribution >= 0.6 is 0 Å². The minimum Gasteiger partial charge on any atom is -0.259 e. The van der Waals surface area contributed by atoms with Crippen LogP contribution in [0.15, 0.2) is 12.4 Å². The van der Waals surface area contributed by atoms with Crippen molar-refractivity contribution < 1.29 is 8.78 Å². The average Bonchev–Trinajstić information content (AvgIpc) is 1.97. The molecular formula is C8H5F2N. The molecule has 0 atom stereocenters. The first-order chi connectivity index (χ1) is 5.25. The molecule has 0 spiro atoms. The molecule has 0 bridgehead atoms. The molecule has 0 saturated carbocycles. The number of rotatable bonds is 1. The molecule has 0 aliphatic carbocycles. The molecule has 0 fully saturated rings. The molecule has 0 N–H and O–H groups in total. The fraction of sp³-hybridized carbons (Fsp3) is 0.125. The van der Waals surface area contributed by atoms with Crippen molar-refractivity contribution in [2.24, 2.45) is 0 Å². The summed E-state index contributed by atoms with van der Waals surface area (Å²) in [5, 5.41) is 0. The summed E-state index contributed by atoms with van der Waals surface area (Å²) < 4.78 is 25.3. The maximum absolute atomic E-state index is 12.6. The van der Waals surface area contributed by atoms with Crippen molar-refractivity contribution in [3.05, 3.63) is 29.6 Å². The van der Waals surface area contributed by atoms with Crippen LogP contribution in [-0.2, 0) is 6.42 Å². The standard InChI is InChI=1S/C8H5F2N/c1-2-3-6-7(9)4-11-5-8(6)10/h1,4-5H,3H2. The highest BCUT2D eigenvalue weighted by molar-refractivity contribution is 5.19. The second-order valence-electron chi connectivity index (χ2n) is 1.96. The first-order valence-electron chi connectivity index (χ1n) is 2.97. The Morgan fingerprint density at radius 2 is 1.91 bits per heavy atom. The molecular weight excluding hydrogens is 148 g/mol. The number of pyridine rings is 1. The van der Waals surface area contributed by atoms with E-state index in [2.05, 4.69) is 10.9 Å². The lowest BCUT2D eigenvalue weighted by atomic mass is 10.2. The van der Waals surface area contributed by atoms with Gasteiger partial charge in [-0.05, 0) is 0 Å². The summed E-state index contributed by atoms with van der Waals surface area (Å²) in [6.45, 7) is 0. The van der Waals surface area contributed by atoms with Crippen molar-refractivity contribution in [3.63, 3.8) is 0 Å². The minimum atomic E-state index is -0.692. The van der Waals surface area contributed by atoms with Crippen LogP contribution in [0.25, 0.3) is 0 Å². The molecule has 0 saturated heterocycles. The molecule has 1 aromatic heterocycles. The van der Waals surface area contributed by atoms with Gasteiger partial charge in [0.1, 0.15) is 11.6 Å². The predicted octanol–water partition coefficient (Wildman–Crippen LogP) is 1.54. The molecule has 3 heteroatoms. The van der Waals surface area contributed by atoms with Crippen molar-refractivity contribution in [2.45, 2.75) is 6.42 Å². The van der Waals surface area contributed by atoms with Gasteiger partial charge in [-0.2, -0.15) is 0 Å². The largest absolute Gasteiger partial charge is 0.259 e. The van der Waals surface area contributed by atoms with Gasteiger partial charge in [0.15, 0.2) is 0 Å². The van der Waals surface area contributed by atoms with Crippen molar-refractivity contribution >= 4 is 0 Å². The predicted molar refractivity (Wildman–Crippen MR) is 36.7 cm³/mol. The summed E-state index contributed by atoms with van der Waals surface area (Å²) in [6, 6.07) is 0. The Hall–Kier alpha value is -1.43. The Bertz CT molecular complexity index is 281. The lowest BCUT2D eigenvalue weighted by Gasteiger charge is -1.97. The van der Waals surface area contributed by atoms with Crippen LogP contribution in [0.4, 0.5) is 8.78 Å². The van der Waals surface area contributed by atoms with E-state index in [1.54, 1.807) is 0 Å². The van der Waals surface area contributed by atoms with Gasteiger partial charge in [-0.25, -0.2) is 8.78 Å². The molecule has 0 amide bonds. The van der Waals surface area contributed by atoms with Gasteiger partial charge >= 0.3 is 0 Å². The number of aromatic nitrogens is 1. The lowest BCUT2D eigenvalue weighted by molar-refractivity contribution is 0.553. The van der Waals surface area contributed by atoms with Crippen molar-refractivity contribution in [1.29, 1.82) is 0 Å². The van der Waals surface area contributed by atoms with E-state index in [1.807, 2.05) is 0 Å². The van der Waals surface area contributed by atoms with Gasteiger partial charge < -0.3 is 0 Å². The lowest BCUT2D eigenvalue weighted by Crippen LogP contribution is -1.94. The molecule has 1 rings (SSSR count). The second-order valence-corrected chi connectivity index (χ2v) is 1.96. The third kappa shape index (κ3) is 1.53. The molecule has 1 aromatic rings. The van der Waals surface area contributed by atoms with Crippen LogP contribution in [0.2, 0.25) is 0 Å². The molecule has 56 valence electrons. The molecule has 0 aliphatic rings. The molecule has 0 radical (unpaired) electrons. The van der Waals surface area contributed by atoms with Gasteiger partial charge in [-0.3, -0.25) is 4.98 Å². The normalized spacial score (nSPS) is 9.18. The topological polar surface area (TPSA) is 12.9 Å². The first kappa shape index (κ1) is 7.67. The van der Waals surface area contributed by atoms with Gasteiger partial charge in [0.2, 0.25) is 0 Å². The smallest absolute Gasteiger partial charge is 0.148 e. The Morgan fingerprint density at radius 1 is 1.36 bits per heavy atom. The fourth-order valence-corrected chi connectivity index (χ4v) is 0.709. The third-order valence-corrected chi connectivity index (χ3v) is 1.23. The number of hydrogen-bond donors (Lipinski definition) is 0. The van der Waals surface area contributed by atoms with E-state index in [0.717, 1.165) is 12.4 Å². The summed E-state index contributed by atoms with van der Waals surface area (Å²) in [6.07, 6.45) is 6.73. The summed E-state index contributed by atoms with van der Waals surface area (Å²) in [4.78, 5) is 3.31. The molecule has 0 aliphatic heterocycles. The van der Waals surface area contributed by atoms with Crippen LogP contribution in [0.1, 0.15) is 5.56 Å². The highest BCUT2D eigenvalue weighted by atomic mass is 19.1. The van der Waals surface area contributed by atoms with Gasteiger partial charge in [-0.1, -0.05) is 0 Å². The zero-order valence-corrected chi connectivity index (χ0v) is 5.64. The number of terminal acetylenes is 1. The van der Waals surface area contributed by atoms with Gasteiger partial charge in [0.25, 0.3) is 0 Å². The van der Waals surface area contributed by atoms with Crippen LogP contribution in [0.3, 0.4) is 0 Å². The Kier molecular flexibility index (Phi) is 2.17. The molecule has 11 heavy (non-hydrogen) atoms. The fourth-order valence-electron chi connectivity index (χ4n) is 0.709. The van der Waals surface area contributed by atoms with Crippen molar-refractivity contribution in [2.75, 3.05) is 0 Å². The van der Waals surface area contributed by atoms with Crippen molar-refractivity contribution in [1.82, 2.24) is 4.98 Å². The van der Waals surface area contributed by atoms with E-state index in [9.17, 15) is 8.78 Å². The maximum Gasteiger partial charge on any atom is 0.148 e. The Morgan fingerprint density at radius 3 is 2.36 bits per heavy atom. The zero-order valence-electron chi connectivity index (χ0n) is 5.64. The molecule has 0 unspecified atom stereocenters. The molecule has 0 aromatic carbocycles. The quantitative estimate of drug-likeness (QED) is 0.557. The summed E-state index contributed by atoms with van der Waals surface area (Å²) in [5.74, 6) is 0.774. The van der Waals surface area contributed by atoms with Crippen LogP contribution < -0.4 is 0 Å². The first-order valence-corrected chi connectivity index (χ1v) is 2.97. The number of hydrogen-bond acceptors (Lipinski definition) is 1. The van der Waals surface area contributed by atoms with E-state index in [-0.39, 0.29) is 12.0 Å². The highest BCUT2D eigenvalue weighted by Crippen LogP contribution is 2.09. The van der Waals surface area contributed by atoms with Gasteiger partial charge in [0, 0.05) is 12.0 Å². The van der Waals surface area contributed by atoms with Crippen LogP contribution in [0, 0.1) is 24.0 Å². The Balaban J connectivity index is 3.12. The van der Waals surface area contributed by atoms with Gasteiger partial charge in [-0.15, -0.1) is 12.3 Å². The number of nitrogens with zero attached hydrogens (tertiary/aromatic N) is 1. The molecule has 1 heterocycles. The second kappa shape index (κ2) is 3.11. The van der Waals surface area contributed by atoms with E-state index >= 15 is 0 Å². The van der Waals surface area contributed by atoms with Crippen molar-refractivity contribution in [3.8, 4) is 12.3 Å². The summed E-state index contributed by atoms with van der Waals surface area (Å²) in [5.41, 5.74) is -0.0949. The zero-order chi connectivity index (χ0) is 8.27. The van der Waals surface area contributed by atoms with E-state index in [4.69, 9.17) is 6.42 Å². The summed E-state index contributed by atoms with van der Waals surface area (Å²) >= 11 is 0. The minimum absolute atomic E-state index is 0.0415. The highest BCUT2D eigenvalue weighted by Gasteiger charge is 2.06. The van der Waals surface area contributed by atoms with E-state index < -0.39 is 11.6 Å². The Labute approximate surface area is 63.1 Å². The number of halogens is 2. The van der Waals surface area contributed by atoms with Crippen LogP contribution in [0.5, 0.6) is 0 Å². The SMILES string of the molecule is C#CCc1c(F)cncc1F. The van der Waals surface area contributed by atoms with Crippen LogP contribution in [-0.4, -0.2) is 4.98 Å². The molecule has 1 nitrogen and oxygen atoms in total. The summed E-state index contributed by atoms with van der Waals surface area (Å²) in [7, 11) is 0. The third-order valence-electron chi connectivity index (χ3n) is 1.23. The average molecular weight is 153 g/mol. The van der Waals surface area contributed by atoms with Gasteiger partial charge in [0.05, 0.1) is 12.4 Å². The van der Waals surface area contributed by atoms with E-state index in [1.165, 1.54) is 0 Å².